The lowest BCUT2D eigenvalue weighted by molar-refractivity contribution is 0.802. The zero-order valence-electron chi connectivity index (χ0n) is 8.46. The van der Waals surface area contributed by atoms with Crippen LogP contribution >= 0.6 is 0 Å². The Labute approximate surface area is 88.2 Å². The van der Waals surface area contributed by atoms with Gasteiger partial charge in [-0.15, -0.1) is 0 Å². The molecule has 0 saturated heterocycles. The van der Waals surface area contributed by atoms with Gasteiger partial charge < -0.3 is 5.73 Å². The van der Waals surface area contributed by atoms with Crippen LogP contribution in [-0.4, -0.2) is 15.0 Å². The maximum atomic E-state index is 6.05. The van der Waals surface area contributed by atoms with E-state index in [-0.39, 0.29) is 6.04 Å². The number of hydrogen-bond acceptors (Lipinski definition) is 4. The van der Waals surface area contributed by atoms with Crippen LogP contribution in [-0.2, 0) is 0 Å². The van der Waals surface area contributed by atoms with Crippen molar-refractivity contribution in [2.75, 3.05) is 0 Å². The van der Waals surface area contributed by atoms with Gasteiger partial charge in [0.05, 0.1) is 11.7 Å². The first-order chi connectivity index (χ1) is 7.27. The first-order valence-corrected chi connectivity index (χ1v) is 4.72. The quantitative estimate of drug-likeness (QED) is 0.791. The highest BCUT2D eigenvalue weighted by Gasteiger charge is 2.09. The molecular weight excluding hydrogens is 188 g/mol. The van der Waals surface area contributed by atoms with Crippen molar-refractivity contribution in [3.05, 3.63) is 53.9 Å². The maximum absolute atomic E-state index is 6.05. The number of pyridine rings is 1. The third-order valence-electron chi connectivity index (χ3n) is 2.16. The first kappa shape index (κ1) is 9.73. The minimum atomic E-state index is -0.236. The van der Waals surface area contributed by atoms with Crippen LogP contribution in [0, 0.1) is 6.92 Å². The monoisotopic (exact) mass is 200 g/mol. The molecule has 2 rings (SSSR count). The third kappa shape index (κ3) is 2.16. The predicted octanol–water partition coefficient (Wildman–Crippen LogP) is 1.23. The van der Waals surface area contributed by atoms with Gasteiger partial charge in [0, 0.05) is 18.6 Å². The predicted molar refractivity (Wildman–Crippen MR) is 57.0 cm³/mol. The molecule has 4 nitrogen and oxygen atoms in total. The summed E-state index contributed by atoms with van der Waals surface area (Å²) >= 11 is 0. The van der Waals surface area contributed by atoms with Crippen molar-refractivity contribution in [1.82, 2.24) is 15.0 Å². The number of hydrogen-bond donors (Lipinski definition) is 1. The van der Waals surface area contributed by atoms with Crippen LogP contribution in [0.3, 0.4) is 0 Å². The maximum Gasteiger partial charge on any atom is 0.125 e. The summed E-state index contributed by atoms with van der Waals surface area (Å²) in [7, 11) is 0. The Kier molecular flexibility index (Phi) is 2.69. The molecule has 0 aliphatic carbocycles. The van der Waals surface area contributed by atoms with E-state index in [1.807, 2.05) is 25.1 Å². The van der Waals surface area contributed by atoms with Gasteiger partial charge in [-0.3, -0.25) is 4.98 Å². The van der Waals surface area contributed by atoms with Crippen molar-refractivity contribution in [3.8, 4) is 0 Å². The van der Waals surface area contributed by atoms with Crippen LogP contribution in [0.5, 0.6) is 0 Å². The summed E-state index contributed by atoms with van der Waals surface area (Å²) in [5.41, 5.74) is 7.82. The highest BCUT2D eigenvalue weighted by atomic mass is 14.9. The van der Waals surface area contributed by atoms with E-state index < -0.39 is 0 Å². The minimum absolute atomic E-state index is 0.236. The van der Waals surface area contributed by atoms with Crippen molar-refractivity contribution >= 4 is 0 Å². The second-order valence-electron chi connectivity index (χ2n) is 3.29. The second-order valence-corrected chi connectivity index (χ2v) is 3.29. The summed E-state index contributed by atoms with van der Waals surface area (Å²) in [6, 6.07) is 5.39. The van der Waals surface area contributed by atoms with Crippen LogP contribution < -0.4 is 5.73 Å². The van der Waals surface area contributed by atoms with Gasteiger partial charge in [0.25, 0.3) is 0 Å². The molecule has 0 amide bonds. The van der Waals surface area contributed by atoms with Crippen LogP contribution in [0.25, 0.3) is 0 Å². The van der Waals surface area contributed by atoms with Crippen molar-refractivity contribution in [3.63, 3.8) is 0 Å². The fourth-order valence-corrected chi connectivity index (χ4v) is 1.38. The Morgan fingerprint density at radius 3 is 2.80 bits per heavy atom. The van der Waals surface area contributed by atoms with Crippen molar-refractivity contribution in [2.24, 2.45) is 5.73 Å². The van der Waals surface area contributed by atoms with E-state index in [1.54, 1.807) is 18.6 Å². The molecule has 4 heteroatoms. The molecule has 0 spiro atoms. The summed E-state index contributed by atoms with van der Waals surface area (Å²) in [6.07, 6.45) is 5.19. The standard InChI is InChI=1S/C11H12N4/c1-8-14-6-4-10(15-8)11(12)9-3-2-5-13-7-9/h2-7,11H,12H2,1H3. The zero-order chi connectivity index (χ0) is 10.7. The van der Waals surface area contributed by atoms with Gasteiger partial charge in [-0.1, -0.05) is 6.07 Å². The molecule has 0 saturated carbocycles. The molecule has 0 radical (unpaired) electrons. The van der Waals surface area contributed by atoms with Crippen molar-refractivity contribution in [2.45, 2.75) is 13.0 Å². The van der Waals surface area contributed by atoms with Gasteiger partial charge in [-0.25, -0.2) is 9.97 Å². The molecule has 2 aromatic rings. The Morgan fingerprint density at radius 1 is 1.27 bits per heavy atom. The average molecular weight is 200 g/mol. The molecule has 0 aliphatic heterocycles. The SMILES string of the molecule is Cc1nccc(C(N)c2cccnc2)n1. The largest absolute Gasteiger partial charge is 0.319 e. The number of nitrogens with two attached hydrogens (primary N) is 1. The van der Waals surface area contributed by atoms with E-state index in [0.717, 1.165) is 17.1 Å². The smallest absolute Gasteiger partial charge is 0.125 e. The number of aromatic nitrogens is 3. The third-order valence-corrected chi connectivity index (χ3v) is 2.16. The van der Waals surface area contributed by atoms with Crippen molar-refractivity contribution < 1.29 is 0 Å². The lowest BCUT2D eigenvalue weighted by atomic mass is 10.1. The zero-order valence-corrected chi connectivity index (χ0v) is 8.46. The van der Waals surface area contributed by atoms with Crippen molar-refractivity contribution in [1.29, 1.82) is 0 Å². The molecule has 0 aliphatic rings. The van der Waals surface area contributed by atoms with Gasteiger partial charge in [-0.05, 0) is 24.6 Å². The van der Waals surface area contributed by atoms with Gasteiger partial charge in [0.1, 0.15) is 5.82 Å². The summed E-state index contributed by atoms with van der Waals surface area (Å²) in [4.78, 5) is 12.3. The molecular formula is C11H12N4. The highest BCUT2D eigenvalue weighted by Crippen LogP contribution is 2.15. The lowest BCUT2D eigenvalue weighted by Gasteiger charge is -2.10. The number of nitrogens with zero attached hydrogens (tertiary/aromatic N) is 3. The molecule has 0 aromatic carbocycles. The molecule has 0 bridgehead atoms. The summed E-state index contributed by atoms with van der Waals surface area (Å²) in [5.74, 6) is 0.729. The van der Waals surface area contributed by atoms with Gasteiger partial charge >= 0.3 is 0 Å². The van der Waals surface area contributed by atoms with Crippen LogP contribution in [0.4, 0.5) is 0 Å². The summed E-state index contributed by atoms with van der Waals surface area (Å²) < 4.78 is 0. The first-order valence-electron chi connectivity index (χ1n) is 4.72. The fourth-order valence-electron chi connectivity index (χ4n) is 1.38. The van der Waals surface area contributed by atoms with E-state index in [1.165, 1.54) is 0 Å². The molecule has 2 aromatic heterocycles. The Morgan fingerprint density at radius 2 is 2.13 bits per heavy atom. The van der Waals surface area contributed by atoms with E-state index >= 15 is 0 Å². The molecule has 0 fully saturated rings. The number of rotatable bonds is 2. The molecule has 15 heavy (non-hydrogen) atoms. The summed E-state index contributed by atoms with van der Waals surface area (Å²) in [5, 5.41) is 0. The lowest BCUT2D eigenvalue weighted by Crippen LogP contribution is -2.14. The van der Waals surface area contributed by atoms with Crippen LogP contribution in [0.1, 0.15) is 23.1 Å². The topological polar surface area (TPSA) is 64.7 Å². The fraction of sp³-hybridized carbons (Fsp3) is 0.182. The molecule has 1 atom stereocenters. The average Bonchev–Trinajstić information content (AvgIpc) is 2.29. The van der Waals surface area contributed by atoms with E-state index in [0.29, 0.717) is 0 Å². The van der Waals surface area contributed by atoms with Gasteiger partial charge in [0.2, 0.25) is 0 Å². The van der Waals surface area contributed by atoms with Gasteiger partial charge in [0.15, 0.2) is 0 Å². The Balaban J connectivity index is 2.32. The highest BCUT2D eigenvalue weighted by molar-refractivity contribution is 5.23. The van der Waals surface area contributed by atoms with Crippen LogP contribution in [0.15, 0.2) is 36.8 Å². The molecule has 1 unspecified atom stereocenters. The number of aryl methyl sites for hydroxylation is 1. The Hall–Kier alpha value is -1.81. The molecule has 76 valence electrons. The second kappa shape index (κ2) is 4.14. The van der Waals surface area contributed by atoms with E-state index in [2.05, 4.69) is 15.0 Å². The molecule has 2 N–H and O–H groups in total. The normalized spacial score (nSPS) is 12.4. The Bertz CT molecular complexity index is 441. The van der Waals surface area contributed by atoms with E-state index in [9.17, 15) is 0 Å². The van der Waals surface area contributed by atoms with E-state index in [4.69, 9.17) is 5.73 Å². The molecule has 2 heterocycles. The van der Waals surface area contributed by atoms with Crippen LogP contribution in [0.2, 0.25) is 0 Å². The summed E-state index contributed by atoms with van der Waals surface area (Å²) in [6.45, 7) is 1.85. The van der Waals surface area contributed by atoms with Gasteiger partial charge in [-0.2, -0.15) is 0 Å². The minimum Gasteiger partial charge on any atom is -0.319 e.